The number of aliphatic imine (C=N–C) groups is 1. The van der Waals surface area contributed by atoms with Crippen molar-refractivity contribution in [3.63, 3.8) is 0 Å². The summed E-state index contributed by atoms with van der Waals surface area (Å²) >= 11 is 1.72. The summed E-state index contributed by atoms with van der Waals surface area (Å²) in [6.45, 7) is 2.79. The lowest BCUT2D eigenvalue weighted by molar-refractivity contribution is 0.258. The summed E-state index contributed by atoms with van der Waals surface area (Å²) in [4.78, 5) is 10.8. The Morgan fingerprint density at radius 3 is 2.63 bits per heavy atom. The average Bonchev–Trinajstić information content (AvgIpc) is 3.56. The molecule has 1 aromatic carbocycles. The quantitative estimate of drug-likeness (QED) is 0.570. The van der Waals surface area contributed by atoms with E-state index in [2.05, 4.69) is 9.98 Å². The van der Waals surface area contributed by atoms with Crippen LogP contribution in [0.2, 0.25) is 0 Å². The molecular formula is C23H27FN4OS. The molecule has 2 heterocycles. The molecule has 1 unspecified atom stereocenters. The summed E-state index contributed by atoms with van der Waals surface area (Å²) < 4.78 is 13.8. The van der Waals surface area contributed by atoms with Crippen molar-refractivity contribution >= 4 is 23.4 Å². The van der Waals surface area contributed by atoms with Gasteiger partial charge in [0.05, 0.1) is 12.0 Å². The largest absolute Gasteiger partial charge is 0.395 e. The number of nitrogens with one attached hydrogen (secondary N) is 1. The van der Waals surface area contributed by atoms with Crippen molar-refractivity contribution in [2.45, 2.75) is 36.3 Å². The highest BCUT2D eigenvalue weighted by Crippen LogP contribution is 2.51. The fraction of sp³-hybridized carbons (Fsp3) is 0.435. The summed E-state index contributed by atoms with van der Waals surface area (Å²) in [5, 5.41) is 18.5. The van der Waals surface area contributed by atoms with Gasteiger partial charge < -0.3 is 10.0 Å². The highest BCUT2D eigenvalue weighted by atomic mass is 32.2. The number of hydrogen-bond acceptors (Lipinski definition) is 5. The normalized spacial score (nSPS) is 23.9. The van der Waals surface area contributed by atoms with E-state index in [1.807, 2.05) is 36.1 Å². The van der Waals surface area contributed by atoms with Gasteiger partial charge >= 0.3 is 0 Å². The Labute approximate surface area is 180 Å². The van der Waals surface area contributed by atoms with Gasteiger partial charge in [0.25, 0.3) is 0 Å². The predicted molar refractivity (Wildman–Crippen MR) is 121 cm³/mol. The molecule has 1 atom stereocenters. The molecule has 2 fully saturated rings. The number of aliphatic hydroxyl groups is 1. The minimum Gasteiger partial charge on any atom is -0.395 e. The summed E-state index contributed by atoms with van der Waals surface area (Å²) in [5.74, 6) is 1.94. The second kappa shape index (κ2) is 8.12. The monoisotopic (exact) mass is 426 g/mol. The van der Waals surface area contributed by atoms with Crippen molar-refractivity contribution in [1.29, 1.82) is 5.41 Å². The molecule has 0 radical (unpaired) electrons. The Bertz CT molecular complexity index is 973. The van der Waals surface area contributed by atoms with Crippen molar-refractivity contribution < 1.29 is 9.50 Å². The molecule has 4 rings (SSSR count). The van der Waals surface area contributed by atoms with Crippen LogP contribution in [0.5, 0.6) is 0 Å². The van der Waals surface area contributed by atoms with Gasteiger partial charge in [-0.2, -0.15) is 11.8 Å². The van der Waals surface area contributed by atoms with Crippen LogP contribution in [-0.2, 0) is 5.41 Å². The van der Waals surface area contributed by atoms with Gasteiger partial charge in [0.15, 0.2) is 0 Å². The molecule has 7 heteroatoms. The summed E-state index contributed by atoms with van der Waals surface area (Å²) in [7, 11) is 1.80. The highest BCUT2D eigenvalue weighted by Gasteiger charge is 2.52. The van der Waals surface area contributed by atoms with Crippen LogP contribution in [0.25, 0.3) is 11.3 Å². The minimum atomic E-state index is -0.329. The molecule has 1 aromatic heterocycles. The van der Waals surface area contributed by atoms with Crippen LogP contribution in [0.15, 0.2) is 47.6 Å². The van der Waals surface area contributed by atoms with E-state index >= 15 is 0 Å². The molecule has 0 amide bonds. The van der Waals surface area contributed by atoms with Gasteiger partial charge in [-0.15, -0.1) is 0 Å². The van der Waals surface area contributed by atoms with E-state index in [0.29, 0.717) is 24.5 Å². The van der Waals surface area contributed by atoms with Crippen molar-refractivity contribution in [2.75, 3.05) is 26.0 Å². The van der Waals surface area contributed by atoms with Crippen molar-refractivity contribution in [3.8, 4) is 11.3 Å². The van der Waals surface area contributed by atoms with E-state index in [1.54, 1.807) is 31.1 Å². The van der Waals surface area contributed by atoms with Crippen LogP contribution in [0, 0.1) is 11.2 Å². The molecule has 1 saturated heterocycles. The van der Waals surface area contributed by atoms with Crippen molar-refractivity contribution in [2.24, 2.45) is 4.99 Å². The lowest BCUT2D eigenvalue weighted by Crippen LogP contribution is -2.44. The average molecular weight is 427 g/mol. The van der Waals surface area contributed by atoms with Crippen LogP contribution in [-0.4, -0.2) is 57.4 Å². The second-order valence-electron chi connectivity index (χ2n) is 8.27. The molecule has 2 N–H and O–H groups in total. The highest BCUT2D eigenvalue weighted by molar-refractivity contribution is 8.00. The second-order valence-corrected chi connectivity index (χ2v) is 9.95. The Balaban J connectivity index is 1.61. The van der Waals surface area contributed by atoms with Gasteiger partial charge in [-0.05, 0) is 37.5 Å². The molecule has 1 saturated carbocycles. The molecule has 2 aliphatic rings. The molecule has 158 valence electrons. The van der Waals surface area contributed by atoms with Gasteiger partial charge in [-0.25, -0.2) is 4.39 Å². The number of rotatable bonds is 4. The molecule has 0 bridgehead atoms. The predicted octanol–water partition coefficient (Wildman–Crippen LogP) is 4.11. The SMILES string of the molecule is CN=C(N1CCSC(C)(CO)CC1=N)C1(c2ccc(-c3ncccc3F)cc2)CC1. The first-order valence-electron chi connectivity index (χ1n) is 10.2. The number of nitrogens with zero attached hydrogens (tertiary/aromatic N) is 3. The topological polar surface area (TPSA) is 72.6 Å². The minimum absolute atomic E-state index is 0.0587. The Morgan fingerprint density at radius 2 is 2.03 bits per heavy atom. The zero-order valence-corrected chi connectivity index (χ0v) is 18.2. The van der Waals surface area contributed by atoms with Crippen LogP contribution in [0.3, 0.4) is 0 Å². The van der Waals surface area contributed by atoms with Gasteiger partial charge in [0, 0.05) is 42.3 Å². The van der Waals surface area contributed by atoms with Gasteiger partial charge in [-0.1, -0.05) is 24.3 Å². The van der Waals surface area contributed by atoms with E-state index < -0.39 is 0 Å². The van der Waals surface area contributed by atoms with Crippen LogP contribution < -0.4 is 0 Å². The lowest BCUT2D eigenvalue weighted by atomic mass is 9.91. The van der Waals surface area contributed by atoms with Crippen LogP contribution in [0.4, 0.5) is 4.39 Å². The maximum atomic E-state index is 14.1. The van der Waals surface area contributed by atoms with E-state index in [-0.39, 0.29) is 22.6 Å². The van der Waals surface area contributed by atoms with Gasteiger partial charge in [0.2, 0.25) is 0 Å². The Hall–Kier alpha value is -2.25. The lowest BCUT2D eigenvalue weighted by Gasteiger charge is -2.31. The Morgan fingerprint density at radius 1 is 1.30 bits per heavy atom. The maximum absolute atomic E-state index is 14.1. The first kappa shape index (κ1) is 21.0. The number of amidine groups is 2. The maximum Gasteiger partial charge on any atom is 0.149 e. The molecular weight excluding hydrogens is 399 g/mol. The molecule has 30 heavy (non-hydrogen) atoms. The zero-order valence-electron chi connectivity index (χ0n) is 17.4. The molecule has 1 aliphatic carbocycles. The zero-order chi connectivity index (χ0) is 21.4. The number of benzene rings is 1. The number of pyridine rings is 1. The van der Waals surface area contributed by atoms with Gasteiger partial charge in [0.1, 0.15) is 23.2 Å². The Kier molecular flexibility index (Phi) is 5.68. The summed E-state index contributed by atoms with van der Waals surface area (Å²) in [6.07, 6.45) is 4.07. The standard InChI is InChI=1S/C23H27FN4OS/c1-22(15-29)14-19(25)28(12-13-30-22)21(26-2)23(9-10-23)17-7-5-16(6-8-17)20-18(24)4-3-11-27-20/h3-8,11,25,29H,9-10,12-15H2,1-2H3. The van der Waals surface area contributed by atoms with E-state index in [9.17, 15) is 9.50 Å². The molecule has 5 nitrogen and oxygen atoms in total. The number of thioether (sulfide) groups is 1. The third-order valence-corrected chi connectivity index (χ3v) is 7.44. The number of hydrogen-bond donors (Lipinski definition) is 2. The van der Waals surface area contributed by atoms with Crippen molar-refractivity contribution in [3.05, 3.63) is 54.0 Å². The summed E-state index contributed by atoms with van der Waals surface area (Å²) in [6, 6.07) is 10.9. The van der Waals surface area contributed by atoms with E-state index in [0.717, 1.165) is 35.6 Å². The van der Waals surface area contributed by atoms with Crippen molar-refractivity contribution in [1.82, 2.24) is 9.88 Å². The van der Waals surface area contributed by atoms with E-state index in [4.69, 9.17) is 5.41 Å². The smallest absolute Gasteiger partial charge is 0.149 e. The summed E-state index contributed by atoms with van der Waals surface area (Å²) in [5.41, 5.74) is 2.04. The number of aromatic nitrogens is 1. The van der Waals surface area contributed by atoms with Crippen LogP contribution in [0.1, 0.15) is 31.7 Å². The third kappa shape index (κ3) is 3.76. The fourth-order valence-corrected chi connectivity index (χ4v) is 5.36. The molecule has 2 aromatic rings. The van der Waals surface area contributed by atoms with Crippen LogP contribution >= 0.6 is 11.8 Å². The first-order chi connectivity index (χ1) is 14.4. The number of halogens is 1. The number of aliphatic hydroxyl groups excluding tert-OH is 1. The fourth-order valence-electron chi connectivity index (χ4n) is 4.26. The van der Waals surface area contributed by atoms with E-state index in [1.165, 1.54) is 6.07 Å². The molecule has 1 aliphatic heterocycles. The third-order valence-electron chi connectivity index (χ3n) is 6.08. The first-order valence-corrected chi connectivity index (χ1v) is 11.2. The molecule has 0 spiro atoms. The van der Waals surface area contributed by atoms with Gasteiger partial charge in [-0.3, -0.25) is 15.4 Å².